The molecule has 3 aromatic rings. The molecule has 2 heterocycles. The highest BCUT2D eigenvalue weighted by atomic mass is 16.5. The highest BCUT2D eigenvalue weighted by Crippen LogP contribution is 2.45. The van der Waals surface area contributed by atoms with Crippen LogP contribution in [0.15, 0.2) is 67.3 Å². The number of carbonyl (C=O) groups excluding carboxylic acids is 3. The van der Waals surface area contributed by atoms with Gasteiger partial charge >= 0.3 is 12.0 Å². The van der Waals surface area contributed by atoms with Gasteiger partial charge in [0, 0.05) is 41.0 Å². The third-order valence-electron chi connectivity index (χ3n) is 9.09. The smallest absolute Gasteiger partial charge is 0.330 e. The molecule has 50 heavy (non-hydrogen) atoms. The zero-order valence-corrected chi connectivity index (χ0v) is 29.7. The number of methoxy groups -OCH3 is 1. The molecule has 2 aromatic carbocycles. The van der Waals surface area contributed by atoms with Crippen molar-refractivity contribution >= 4 is 34.7 Å². The number of likely N-dealkylation sites (tertiary alicyclic amines) is 1. The van der Waals surface area contributed by atoms with Crippen molar-refractivity contribution in [2.75, 3.05) is 13.7 Å². The van der Waals surface area contributed by atoms with Gasteiger partial charge in [-0.3, -0.25) is 9.59 Å². The Morgan fingerprint density at radius 3 is 2.34 bits per heavy atom. The third-order valence-corrected chi connectivity index (χ3v) is 9.09. The summed E-state index contributed by atoms with van der Waals surface area (Å²) in [6.45, 7) is 14.7. The molecule has 1 saturated heterocycles. The fraction of sp³-hybridized carbons (Fsp3) is 0.447. The summed E-state index contributed by atoms with van der Waals surface area (Å²) in [5.41, 5.74) is -0.630. The normalized spacial score (nSPS) is 22.3. The number of carboxylic acids is 1. The van der Waals surface area contributed by atoms with E-state index in [0.29, 0.717) is 28.1 Å². The number of hydrogen-bond acceptors (Lipinski definition) is 7. The van der Waals surface area contributed by atoms with Crippen LogP contribution in [0.3, 0.4) is 0 Å². The number of fused-ring (bicyclic) bond motifs is 1. The van der Waals surface area contributed by atoms with Crippen molar-refractivity contribution in [3.63, 3.8) is 0 Å². The summed E-state index contributed by atoms with van der Waals surface area (Å²) < 4.78 is 12.1. The molecule has 2 aliphatic rings. The highest BCUT2D eigenvalue weighted by molar-refractivity contribution is 5.96. The van der Waals surface area contributed by atoms with Crippen molar-refractivity contribution in [1.82, 2.24) is 25.8 Å². The molecule has 1 aliphatic carbocycles. The van der Waals surface area contributed by atoms with Crippen LogP contribution in [0, 0.1) is 11.3 Å². The summed E-state index contributed by atoms with van der Waals surface area (Å²) in [6, 6.07) is 14.3. The predicted molar refractivity (Wildman–Crippen MR) is 190 cm³/mol. The second-order valence-electron chi connectivity index (χ2n) is 15.2. The van der Waals surface area contributed by atoms with Crippen molar-refractivity contribution in [3.05, 3.63) is 67.3 Å². The van der Waals surface area contributed by atoms with Gasteiger partial charge in [0.2, 0.25) is 11.8 Å². The van der Waals surface area contributed by atoms with Gasteiger partial charge in [-0.25, -0.2) is 14.6 Å². The lowest BCUT2D eigenvalue weighted by Crippen LogP contribution is -2.61. The maximum atomic E-state index is 14.5. The molecule has 0 bridgehead atoms. The number of carboxylic acid groups (broad SMARTS) is 1. The molecule has 0 spiro atoms. The quantitative estimate of drug-likeness (QED) is 0.219. The molecule has 5 rings (SSSR count). The van der Waals surface area contributed by atoms with E-state index in [1.165, 1.54) is 11.0 Å². The molecule has 0 radical (unpaired) electrons. The number of benzene rings is 2. The minimum absolute atomic E-state index is 0.0116. The summed E-state index contributed by atoms with van der Waals surface area (Å²) in [6.07, 6.45) is 1.13. The molecule has 1 unspecified atom stereocenters. The lowest BCUT2D eigenvalue weighted by atomic mass is 9.85. The summed E-state index contributed by atoms with van der Waals surface area (Å²) in [5, 5.41) is 19.1. The Hall–Kier alpha value is -5.13. The number of nitrogens with zero attached hydrogens (tertiary/aromatic N) is 2. The first-order valence-corrected chi connectivity index (χ1v) is 16.7. The Bertz CT molecular complexity index is 1800. The average Bonchev–Trinajstić information content (AvgIpc) is 3.61. The number of amides is 4. The van der Waals surface area contributed by atoms with Crippen LogP contribution in [0.5, 0.6) is 11.5 Å². The summed E-state index contributed by atoms with van der Waals surface area (Å²) in [4.78, 5) is 60.0. The van der Waals surface area contributed by atoms with Crippen LogP contribution in [-0.4, -0.2) is 81.7 Å². The molecule has 1 aromatic heterocycles. The lowest BCUT2D eigenvalue weighted by molar-refractivity contribution is -0.146. The SMILES string of the molecule is C=CC1C[C@]1(NC(=O)[C@@H]1C[C@@H](Oc2cc(-c3ccccc3)nc3cc(OC)ccc23)CN1C(=O)[C@@H](NC(=O)NC(C)(C)C)C(C)(C)C)C(=O)O. The van der Waals surface area contributed by atoms with Gasteiger partial charge in [0.1, 0.15) is 35.2 Å². The first-order valence-electron chi connectivity index (χ1n) is 16.7. The lowest BCUT2D eigenvalue weighted by Gasteiger charge is -2.36. The van der Waals surface area contributed by atoms with E-state index in [0.717, 1.165) is 5.56 Å². The van der Waals surface area contributed by atoms with Gasteiger partial charge < -0.3 is 35.4 Å². The molecule has 5 atom stereocenters. The van der Waals surface area contributed by atoms with Gasteiger partial charge in [-0.05, 0) is 44.7 Å². The molecule has 266 valence electrons. The van der Waals surface area contributed by atoms with Gasteiger partial charge in [0.25, 0.3) is 0 Å². The second kappa shape index (κ2) is 13.6. The van der Waals surface area contributed by atoms with E-state index in [2.05, 4.69) is 22.5 Å². The van der Waals surface area contributed by atoms with Crippen LogP contribution in [-0.2, 0) is 14.4 Å². The summed E-state index contributed by atoms with van der Waals surface area (Å²) in [7, 11) is 1.58. The van der Waals surface area contributed by atoms with Crippen LogP contribution < -0.4 is 25.4 Å². The molecule has 12 heteroatoms. The number of pyridine rings is 1. The van der Waals surface area contributed by atoms with Crippen molar-refractivity contribution in [2.24, 2.45) is 11.3 Å². The van der Waals surface area contributed by atoms with Crippen molar-refractivity contribution in [1.29, 1.82) is 0 Å². The molecular weight excluding hydrogens is 638 g/mol. The Kier molecular flexibility index (Phi) is 9.87. The monoisotopic (exact) mass is 685 g/mol. The van der Waals surface area contributed by atoms with Crippen molar-refractivity contribution in [2.45, 2.75) is 83.6 Å². The van der Waals surface area contributed by atoms with Crippen LogP contribution in [0.4, 0.5) is 4.79 Å². The molecular formula is C38H47N5O7. The number of carbonyl (C=O) groups is 4. The Morgan fingerprint density at radius 2 is 1.76 bits per heavy atom. The number of aromatic nitrogens is 1. The number of aliphatic carboxylic acids is 1. The van der Waals surface area contributed by atoms with E-state index in [1.54, 1.807) is 13.2 Å². The largest absolute Gasteiger partial charge is 0.497 e. The minimum Gasteiger partial charge on any atom is -0.497 e. The van der Waals surface area contributed by atoms with E-state index in [-0.39, 0.29) is 19.4 Å². The number of urea groups is 1. The Morgan fingerprint density at radius 1 is 1.06 bits per heavy atom. The fourth-order valence-electron chi connectivity index (χ4n) is 6.35. The molecule has 2 fully saturated rings. The van der Waals surface area contributed by atoms with Gasteiger partial charge in [-0.15, -0.1) is 6.58 Å². The van der Waals surface area contributed by atoms with Gasteiger partial charge in [-0.1, -0.05) is 57.2 Å². The maximum absolute atomic E-state index is 14.5. The van der Waals surface area contributed by atoms with Crippen LogP contribution >= 0.6 is 0 Å². The van der Waals surface area contributed by atoms with E-state index in [4.69, 9.17) is 14.5 Å². The van der Waals surface area contributed by atoms with E-state index in [1.807, 2.05) is 90.1 Å². The standard InChI is InChI=1S/C38H47N5O7/c1-9-23-20-38(23,34(46)47)41-32(44)29-18-25(21-43(29)33(45)31(36(2,3)4)40-35(48)42-37(5,6)7)50-30-19-27(22-13-11-10-12-14-22)39-28-17-24(49-8)15-16-26(28)30/h9-17,19,23,25,29,31H,1,18,20-21H2,2-8H3,(H,41,44)(H,46,47)(H2,40,42,48)/t23?,25-,29+,31-,38-/m1/s1. The second-order valence-corrected chi connectivity index (χ2v) is 15.2. The average molecular weight is 686 g/mol. The van der Waals surface area contributed by atoms with Crippen molar-refractivity contribution < 1.29 is 33.8 Å². The zero-order chi connectivity index (χ0) is 36.6. The Labute approximate surface area is 292 Å². The first-order chi connectivity index (χ1) is 23.5. The molecule has 12 nitrogen and oxygen atoms in total. The molecule has 4 amide bonds. The molecule has 1 saturated carbocycles. The fourth-order valence-corrected chi connectivity index (χ4v) is 6.35. The summed E-state index contributed by atoms with van der Waals surface area (Å²) >= 11 is 0. The van der Waals surface area contributed by atoms with Crippen LogP contribution in [0.2, 0.25) is 0 Å². The van der Waals surface area contributed by atoms with E-state index >= 15 is 0 Å². The highest BCUT2D eigenvalue weighted by Gasteiger charge is 2.61. The number of rotatable bonds is 10. The van der Waals surface area contributed by atoms with Gasteiger partial charge in [-0.2, -0.15) is 0 Å². The third kappa shape index (κ3) is 7.69. The topological polar surface area (TPSA) is 159 Å². The predicted octanol–water partition coefficient (Wildman–Crippen LogP) is 4.92. The van der Waals surface area contributed by atoms with E-state index < -0.39 is 64.4 Å². The minimum atomic E-state index is -1.49. The number of ether oxygens (including phenoxy) is 2. The van der Waals surface area contributed by atoms with Gasteiger partial charge in [0.05, 0.1) is 24.9 Å². The summed E-state index contributed by atoms with van der Waals surface area (Å²) in [5.74, 6) is -1.58. The number of hydrogen-bond donors (Lipinski definition) is 4. The van der Waals surface area contributed by atoms with Crippen molar-refractivity contribution in [3.8, 4) is 22.8 Å². The van der Waals surface area contributed by atoms with Gasteiger partial charge in [0.15, 0.2) is 0 Å². The molecule has 1 aliphatic heterocycles. The Balaban J connectivity index is 1.51. The number of nitrogens with one attached hydrogen (secondary N) is 3. The maximum Gasteiger partial charge on any atom is 0.330 e. The van der Waals surface area contributed by atoms with E-state index in [9.17, 15) is 24.3 Å². The first kappa shape index (κ1) is 36.2. The van der Waals surface area contributed by atoms with Crippen LogP contribution in [0.25, 0.3) is 22.2 Å². The van der Waals surface area contributed by atoms with Crippen LogP contribution in [0.1, 0.15) is 54.4 Å². The molecule has 4 N–H and O–H groups in total. The zero-order valence-electron chi connectivity index (χ0n) is 29.7.